The van der Waals surface area contributed by atoms with Crippen LogP contribution in [0.1, 0.15) is 27.2 Å². The van der Waals surface area contributed by atoms with Gasteiger partial charge < -0.3 is 10.9 Å². The van der Waals surface area contributed by atoms with Crippen LogP contribution in [-0.4, -0.2) is 23.0 Å². The van der Waals surface area contributed by atoms with Crippen molar-refractivity contribution in [2.75, 3.05) is 6.54 Å². The predicted molar refractivity (Wildman–Crippen MR) is 44.0 cm³/mol. The molecule has 3 nitrogen and oxygen atoms in total. The van der Waals surface area contributed by atoms with E-state index >= 15 is 0 Å². The van der Waals surface area contributed by atoms with Crippen LogP contribution in [0.5, 0.6) is 0 Å². The lowest BCUT2D eigenvalue weighted by molar-refractivity contribution is -0.107. The summed E-state index contributed by atoms with van der Waals surface area (Å²) in [6.45, 7) is 7.22. The molecule has 1 aliphatic rings. The topological polar surface area (TPSA) is 49.5 Å². The van der Waals surface area contributed by atoms with Crippen molar-refractivity contribution in [3.63, 3.8) is 0 Å². The van der Waals surface area contributed by atoms with Crippen LogP contribution in [0.15, 0.2) is 0 Å². The van der Waals surface area contributed by atoms with Gasteiger partial charge in [0.05, 0.1) is 6.17 Å². The van der Waals surface area contributed by atoms with E-state index in [9.17, 15) is 5.21 Å². The molecule has 1 fully saturated rings. The summed E-state index contributed by atoms with van der Waals surface area (Å²) >= 11 is 0. The van der Waals surface area contributed by atoms with Gasteiger partial charge >= 0.3 is 0 Å². The van der Waals surface area contributed by atoms with Gasteiger partial charge in [0.15, 0.2) is 0 Å². The highest BCUT2D eigenvalue weighted by atomic mass is 16.5. The van der Waals surface area contributed by atoms with E-state index < -0.39 is 0 Å². The summed E-state index contributed by atoms with van der Waals surface area (Å²) in [7, 11) is 0. The second-order valence-electron chi connectivity index (χ2n) is 4.18. The monoisotopic (exact) mass is 158 g/mol. The molecule has 0 bridgehead atoms. The first kappa shape index (κ1) is 8.97. The Kier molecular flexibility index (Phi) is 2.23. The minimum Gasteiger partial charge on any atom is -0.314 e. The highest BCUT2D eigenvalue weighted by Crippen LogP contribution is 2.37. The maximum atomic E-state index is 9.29. The zero-order valence-electron chi connectivity index (χ0n) is 7.54. The molecule has 0 aromatic heterocycles. The number of hydroxylamine groups is 2. The highest BCUT2D eigenvalue weighted by Gasteiger charge is 2.40. The van der Waals surface area contributed by atoms with Gasteiger partial charge in [0.2, 0.25) is 0 Å². The number of nitrogens with two attached hydrogens (primary N) is 1. The quantitative estimate of drug-likeness (QED) is 0.599. The minimum atomic E-state index is -0.164. The molecule has 1 rings (SSSR count). The van der Waals surface area contributed by atoms with Crippen molar-refractivity contribution >= 4 is 0 Å². The van der Waals surface area contributed by atoms with Gasteiger partial charge in [0.1, 0.15) is 0 Å². The van der Waals surface area contributed by atoms with Crippen molar-refractivity contribution in [1.29, 1.82) is 0 Å². The Bertz CT molecular complexity index is 137. The van der Waals surface area contributed by atoms with Crippen LogP contribution in [0, 0.1) is 11.3 Å². The normalized spacial score (nSPS) is 40.4. The summed E-state index contributed by atoms with van der Waals surface area (Å²) in [5.41, 5.74) is 5.86. The molecular weight excluding hydrogens is 140 g/mol. The molecule has 11 heavy (non-hydrogen) atoms. The van der Waals surface area contributed by atoms with E-state index in [4.69, 9.17) is 5.73 Å². The van der Waals surface area contributed by atoms with Gasteiger partial charge in [-0.05, 0) is 17.8 Å². The molecule has 3 N–H and O–H groups in total. The van der Waals surface area contributed by atoms with Crippen molar-refractivity contribution in [2.45, 2.75) is 33.4 Å². The summed E-state index contributed by atoms with van der Waals surface area (Å²) in [4.78, 5) is 0. The molecule has 0 spiro atoms. The predicted octanol–water partition coefficient (Wildman–Crippen LogP) is 1.03. The number of rotatable bonds is 1. The Morgan fingerprint density at radius 2 is 2.18 bits per heavy atom. The number of hydrogen-bond donors (Lipinski definition) is 2. The minimum absolute atomic E-state index is 0.164. The molecule has 0 aromatic carbocycles. The van der Waals surface area contributed by atoms with Crippen molar-refractivity contribution in [1.82, 2.24) is 5.06 Å². The van der Waals surface area contributed by atoms with Crippen LogP contribution in [-0.2, 0) is 0 Å². The molecule has 66 valence electrons. The molecule has 2 atom stereocenters. The Hall–Kier alpha value is -0.120. The van der Waals surface area contributed by atoms with Crippen LogP contribution in [0.3, 0.4) is 0 Å². The lowest BCUT2D eigenvalue weighted by Crippen LogP contribution is -2.33. The van der Waals surface area contributed by atoms with Crippen LogP contribution in [0.25, 0.3) is 0 Å². The fourth-order valence-electron chi connectivity index (χ4n) is 1.55. The maximum absolute atomic E-state index is 9.29. The summed E-state index contributed by atoms with van der Waals surface area (Å²) in [6, 6.07) is 0. The summed E-state index contributed by atoms with van der Waals surface area (Å²) in [6.07, 6.45) is 0.726. The van der Waals surface area contributed by atoms with Gasteiger partial charge in [-0.3, -0.25) is 0 Å². The van der Waals surface area contributed by atoms with Crippen molar-refractivity contribution < 1.29 is 5.21 Å². The van der Waals surface area contributed by atoms with Gasteiger partial charge in [-0.2, -0.15) is 5.06 Å². The third kappa shape index (κ3) is 1.55. The van der Waals surface area contributed by atoms with Gasteiger partial charge in [0.25, 0.3) is 0 Å². The molecule has 1 heterocycles. The third-order valence-corrected chi connectivity index (χ3v) is 2.98. The molecule has 0 aromatic rings. The Morgan fingerprint density at radius 3 is 2.36 bits per heavy atom. The lowest BCUT2D eigenvalue weighted by Gasteiger charge is -2.27. The summed E-state index contributed by atoms with van der Waals surface area (Å²) in [5, 5.41) is 10.5. The molecule has 1 aliphatic heterocycles. The number of hydrogen-bond acceptors (Lipinski definition) is 3. The van der Waals surface area contributed by atoms with Crippen molar-refractivity contribution in [2.24, 2.45) is 17.1 Å². The lowest BCUT2D eigenvalue weighted by atomic mass is 9.78. The first-order chi connectivity index (χ1) is 4.96. The first-order valence-electron chi connectivity index (χ1n) is 4.17. The van der Waals surface area contributed by atoms with Crippen LogP contribution in [0.4, 0.5) is 0 Å². The summed E-state index contributed by atoms with van der Waals surface area (Å²) in [5.74, 6) is 0.575. The molecule has 2 unspecified atom stereocenters. The molecule has 3 heteroatoms. The van der Waals surface area contributed by atoms with Gasteiger partial charge in [-0.15, -0.1) is 0 Å². The van der Waals surface area contributed by atoms with E-state index in [1.54, 1.807) is 0 Å². The van der Waals surface area contributed by atoms with Gasteiger partial charge in [-0.25, -0.2) is 0 Å². The van der Waals surface area contributed by atoms with Crippen LogP contribution < -0.4 is 5.73 Å². The highest BCUT2D eigenvalue weighted by molar-refractivity contribution is 4.89. The fourth-order valence-corrected chi connectivity index (χ4v) is 1.55. The fraction of sp³-hybridized carbons (Fsp3) is 1.00. The molecule has 1 saturated heterocycles. The SMILES string of the molecule is CC(C)C1(C)CC(N)N(O)C1. The molecular formula is C8H18N2O. The zero-order chi connectivity index (χ0) is 8.65. The van der Waals surface area contributed by atoms with Gasteiger partial charge in [0, 0.05) is 6.54 Å². The average Bonchev–Trinajstić information content (AvgIpc) is 2.09. The first-order valence-corrected chi connectivity index (χ1v) is 4.17. The second-order valence-corrected chi connectivity index (χ2v) is 4.18. The van der Waals surface area contributed by atoms with Crippen molar-refractivity contribution in [3.05, 3.63) is 0 Å². The standard InChI is InChI=1S/C8H18N2O/c1-6(2)8(3)4-7(9)10(11)5-8/h6-7,11H,4-5,9H2,1-3H3. The van der Waals surface area contributed by atoms with E-state index in [2.05, 4.69) is 20.8 Å². The smallest absolute Gasteiger partial charge is 0.0821 e. The Balaban J connectivity index is 2.64. The van der Waals surface area contributed by atoms with E-state index in [-0.39, 0.29) is 11.6 Å². The van der Waals surface area contributed by atoms with E-state index in [1.165, 1.54) is 5.06 Å². The molecule has 0 radical (unpaired) electrons. The number of nitrogens with zero attached hydrogens (tertiary/aromatic N) is 1. The molecule has 0 amide bonds. The van der Waals surface area contributed by atoms with E-state index in [0.717, 1.165) is 6.42 Å². The van der Waals surface area contributed by atoms with E-state index in [0.29, 0.717) is 12.5 Å². The largest absolute Gasteiger partial charge is 0.314 e. The maximum Gasteiger partial charge on any atom is 0.0821 e. The Labute approximate surface area is 68.1 Å². The molecule has 0 saturated carbocycles. The van der Waals surface area contributed by atoms with E-state index in [1.807, 2.05) is 0 Å². The Morgan fingerprint density at radius 1 is 1.64 bits per heavy atom. The van der Waals surface area contributed by atoms with Crippen LogP contribution in [0.2, 0.25) is 0 Å². The summed E-state index contributed by atoms with van der Waals surface area (Å²) < 4.78 is 0. The second kappa shape index (κ2) is 2.73. The molecule has 0 aliphatic carbocycles. The van der Waals surface area contributed by atoms with Gasteiger partial charge in [-0.1, -0.05) is 20.8 Å². The zero-order valence-corrected chi connectivity index (χ0v) is 7.54. The third-order valence-electron chi connectivity index (χ3n) is 2.98. The average molecular weight is 158 g/mol. The van der Waals surface area contributed by atoms with Crippen molar-refractivity contribution in [3.8, 4) is 0 Å². The van der Waals surface area contributed by atoms with Crippen LogP contribution >= 0.6 is 0 Å².